The normalized spacial score (nSPS) is 10.7. The second kappa shape index (κ2) is 10.6. The van der Waals surface area contributed by atoms with E-state index in [0.717, 1.165) is 5.69 Å². The first kappa shape index (κ1) is 20.8. The van der Waals surface area contributed by atoms with Gasteiger partial charge in [-0.15, -0.1) is 0 Å². The number of hydrazine groups is 1. The summed E-state index contributed by atoms with van der Waals surface area (Å²) in [5, 5.41) is 14.1. The molecule has 2 rings (SSSR count). The number of nitrogens with zero attached hydrogens (tertiary/aromatic N) is 2. The number of ether oxygens (including phenoxy) is 1. The van der Waals surface area contributed by atoms with Gasteiger partial charge in [-0.05, 0) is 37.3 Å². The Labute approximate surface area is 166 Å². The maximum Gasteiger partial charge on any atom is 0.313 e. The van der Waals surface area contributed by atoms with Gasteiger partial charge in [-0.3, -0.25) is 25.8 Å². The van der Waals surface area contributed by atoms with E-state index in [2.05, 4.69) is 21.2 Å². The van der Waals surface area contributed by atoms with Crippen LogP contribution in [0.25, 0.3) is 0 Å². The summed E-state index contributed by atoms with van der Waals surface area (Å²) in [5.41, 5.74) is 6.22. The lowest BCUT2D eigenvalue weighted by molar-refractivity contribution is -0.384. The monoisotopic (exact) mass is 401 g/mol. The first-order valence-corrected chi connectivity index (χ1v) is 8.75. The molecule has 0 saturated heterocycles. The van der Waals surface area contributed by atoms with Gasteiger partial charge in [0.15, 0.2) is 5.11 Å². The van der Waals surface area contributed by atoms with Crippen LogP contribution < -0.4 is 16.2 Å². The molecule has 3 N–H and O–H groups in total. The van der Waals surface area contributed by atoms with Crippen molar-refractivity contribution in [3.63, 3.8) is 0 Å². The Hall–Kier alpha value is -3.53. The van der Waals surface area contributed by atoms with Gasteiger partial charge in [0, 0.05) is 11.8 Å². The molecular weight excluding hydrogens is 382 g/mol. The summed E-state index contributed by atoms with van der Waals surface area (Å²) >= 11 is 5.20. The van der Waals surface area contributed by atoms with Crippen molar-refractivity contribution in [2.75, 3.05) is 17.3 Å². The topological polar surface area (TPSA) is 118 Å². The van der Waals surface area contributed by atoms with Crippen LogP contribution in [0.2, 0.25) is 0 Å². The quantitative estimate of drug-likeness (QED) is 0.162. The van der Waals surface area contributed by atoms with Gasteiger partial charge in [0.25, 0.3) is 5.69 Å². The molecule has 0 bridgehead atoms. The molecule has 0 saturated carbocycles. The van der Waals surface area contributed by atoms with E-state index in [0.29, 0.717) is 0 Å². The molecule has 0 radical (unpaired) electrons. The average molecular weight is 401 g/mol. The minimum Gasteiger partial charge on any atom is -0.466 e. The molecule has 2 aromatic rings. The van der Waals surface area contributed by atoms with Crippen molar-refractivity contribution < 1.29 is 14.5 Å². The number of hydrogen-bond donors (Lipinski definition) is 3. The minimum atomic E-state index is -0.520. The number of nitrogens with one attached hydrogen (secondary N) is 3. The number of esters is 1. The zero-order valence-electron chi connectivity index (χ0n) is 15.0. The maximum atomic E-state index is 11.8. The predicted octanol–water partition coefficient (Wildman–Crippen LogP) is 3.26. The molecule has 0 aromatic heterocycles. The highest BCUT2D eigenvalue weighted by Crippen LogP contribution is 2.22. The zero-order chi connectivity index (χ0) is 20.4. The van der Waals surface area contributed by atoms with E-state index in [1.54, 1.807) is 19.1 Å². The largest absolute Gasteiger partial charge is 0.466 e. The van der Waals surface area contributed by atoms with Crippen molar-refractivity contribution in [2.24, 2.45) is 4.99 Å². The lowest BCUT2D eigenvalue weighted by atomic mass is 10.3. The van der Waals surface area contributed by atoms with E-state index in [9.17, 15) is 14.9 Å². The van der Waals surface area contributed by atoms with E-state index in [4.69, 9.17) is 17.0 Å². The van der Waals surface area contributed by atoms with Crippen molar-refractivity contribution in [2.45, 2.75) is 13.3 Å². The van der Waals surface area contributed by atoms with Crippen molar-refractivity contribution in [1.82, 2.24) is 5.43 Å². The van der Waals surface area contributed by atoms with Gasteiger partial charge in [-0.25, -0.2) is 4.99 Å². The number of thiocarbonyl (C=S) groups is 1. The third-order valence-electron chi connectivity index (χ3n) is 3.32. The first-order valence-electron chi connectivity index (χ1n) is 8.34. The highest BCUT2D eigenvalue weighted by molar-refractivity contribution is 7.80. The molecule has 0 fully saturated rings. The summed E-state index contributed by atoms with van der Waals surface area (Å²) in [7, 11) is 0. The number of carbonyl (C=O) groups is 1. The van der Waals surface area contributed by atoms with Crippen LogP contribution in [-0.4, -0.2) is 28.4 Å². The average Bonchev–Trinajstić information content (AvgIpc) is 2.67. The van der Waals surface area contributed by atoms with Gasteiger partial charge in [0.05, 0.1) is 11.5 Å². The number of amidine groups is 1. The Morgan fingerprint density at radius 3 is 2.54 bits per heavy atom. The van der Waals surface area contributed by atoms with E-state index in [1.807, 2.05) is 30.3 Å². The highest BCUT2D eigenvalue weighted by atomic mass is 32.1. The SMILES string of the molecule is CCOC(=O)CC(=NC(=S)Nc1ccccc1)NNc1ccccc1[N+](=O)[O-]. The second-order valence-electron chi connectivity index (χ2n) is 5.36. The fraction of sp³-hybridized carbons (Fsp3) is 0.167. The third kappa shape index (κ3) is 6.65. The molecule has 0 heterocycles. The maximum absolute atomic E-state index is 11.8. The van der Waals surface area contributed by atoms with Crippen LogP contribution >= 0.6 is 12.2 Å². The smallest absolute Gasteiger partial charge is 0.313 e. The van der Waals surface area contributed by atoms with Crippen LogP contribution in [0.5, 0.6) is 0 Å². The number of para-hydroxylation sites is 3. The van der Waals surface area contributed by atoms with Crippen LogP contribution in [-0.2, 0) is 9.53 Å². The Morgan fingerprint density at radius 1 is 1.18 bits per heavy atom. The summed E-state index contributed by atoms with van der Waals surface area (Å²) in [5.74, 6) is -0.370. The molecule has 0 spiro atoms. The van der Waals surface area contributed by atoms with E-state index in [1.165, 1.54) is 12.1 Å². The number of hydrogen-bond acceptors (Lipinski definition) is 6. The number of aliphatic imine (C=N–C) groups is 1. The van der Waals surface area contributed by atoms with E-state index < -0.39 is 10.9 Å². The molecule has 2 aromatic carbocycles. The Morgan fingerprint density at radius 2 is 1.86 bits per heavy atom. The van der Waals surface area contributed by atoms with Crippen LogP contribution in [0.1, 0.15) is 13.3 Å². The summed E-state index contributed by atoms with van der Waals surface area (Å²) in [6.07, 6.45) is -0.196. The van der Waals surface area contributed by atoms with Gasteiger partial charge in [-0.1, -0.05) is 30.3 Å². The molecule has 10 heteroatoms. The molecule has 28 heavy (non-hydrogen) atoms. The highest BCUT2D eigenvalue weighted by Gasteiger charge is 2.14. The lowest BCUT2D eigenvalue weighted by Gasteiger charge is -2.13. The Balaban J connectivity index is 2.13. The minimum absolute atomic E-state index is 0.113. The molecule has 0 atom stereocenters. The fourth-order valence-electron chi connectivity index (χ4n) is 2.13. The van der Waals surface area contributed by atoms with Gasteiger partial charge >= 0.3 is 5.97 Å². The number of carbonyl (C=O) groups excluding carboxylic acids is 1. The van der Waals surface area contributed by atoms with Crippen LogP contribution in [0.3, 0.4) is 0 Å². The van der Waals surface area contributed by atoms with Crippen LogP contribution in [0.15, 0.2) is 59.6 Å². The van der Waals surface area contributed by atoms with E-state index >= 15 is 0 Å². The third-order valence-corrected chi connectivity index (χ3v) is 3.51. The Kier molecular flexibility index (Phi) is 7.85. The summed E-state index contributed by atoms with van der Waals surface area (Å²) in [6.45, 7) is 1.91. The second-order valence-corrected chi connectivity index (χ2v) is 5.75. The number of benzene rings is 2. The van der Waals surface area contributed by atoms with Gasteiger partial charge in [0.2, 0.25) is 0 Å². The lowest BCUT2D eigenvalue weighted by Crippen LogP contribution is -2.33. The standard InChI is InChI=1S/C18H19N5O4S/c1-2-27-17(24)12-16(20-18(28)19-13-8-4-3-5-9-13)22-21-14-10-6-7-11-15(14)23(25)26/h3-11,21H,2,12H2,1H3,(H2,19,20,22,28). The van der Waals surface area contributed by atoms with Crippen LogP contribution in [0.4, 0.5) is 17.1 Å². The fourth-order valence-corrected chi connectivity index (χ4v) is 2.36. The van der Waals surface area contributed by atoms with Crippen LogP contribution in [0, 0.1) is 10.1 Å². The number of nitro groups is 1. The predicted molar refractivity (Wildman–Crippen MR) is 111 cm³/mol. The molecular formula is C18H19N5O4S. The molecule has 0 aliphatic carbocycles. The molecule has 0 amide bonds. The van der Waals surface area contributed by atoms with Crippen molar-refractivity contribution in [3.05, 3.63) is 64.7 Å². The zero-order valence-corrected chi connectivity index (χ0v) is 15.9. The van der Waals surface area contributed by atoms with Gasteiger partial charge in [0.1, 0.15) is 17.9 Å². The molecule has 0 aliphatic heterocycles. The van der Waals surface area contributed by atoms with Crippen molar-refractivity contribution >= 4 is 46.2 Å². The molecule has 0 unspecified atom stereocenters. The van der Waals surface area contributed by atoms with Gasteiger partial charge in [-0.2, -0.15) is 0 Å². The summed E-state index contributed by atoms with van der Waals surface area (Å²) < 4.78 is 4.93. The van der Waals surface area contributed by atoms with E-state index in [-0.39, 0.29) is 35.4 Å². The molecule has 0 aliphatic rings. The molecule has 146 valence electrons. The molecule has 9 nitrogen and oxygen atoms in total. The summed E-state index contributed by atoms with van der Waals surface area (Å²) in [6, 6.07) is 15.2. The Bertz CT molecular complexity index is 873. The summed E-state index contributed by atoms with van der Waals surface area (Å²) in [4.78, 5) is 26.6. The first-order chi connectivity index (χ1) is 13.5. The van der Waals surface area contributed by atoms with Crippen molar-refractivity contribution in [3.8, 4) is 0 Å². The number of anilines is 2. The number of nitro benzene ring substituents is 1. The number of rotatable bonds is 7. The van der Waals surface area contributed by atoms with Gasteiger partial charge < -0.3 is 10.1 Å². The van der Waals surface area contributed by atoms with Crippen molar-refractivity contribution in [1.29, 1.82) is 0 Å².